The van der Waals surface area contributed by atoms with Crippen molar-refractivity contribution in [1.82, 2.24) is 10.3 Å². The number of carbonyl (C=O) groups is 3. The van der Waals surface area contributed by atoms with Crippen molar-refractivity contribution in [2.75, 3.05) is 5.32 Å². The molecule has 0 saturated carbocycles. The van der Waals surface area contributed by atoms with Crippen LogP contribution in [-0.2, 0) is 9.59 Å². The highest BCUT2D eigenvalue weighted by molar-refractivity contribution is 5.99. The molecule has 7 heteroatoms. The Morgan fingerprint density at radius 3 is 2.83 bits per heavy atom. The number of pyridine rings is 1. The van der Waals surface area contributed by atoms with Crippen LogP contribution < -0.4 is 10.6 Å². The molecule has 1 aliphatic heterocycles. The highest BCUT2D eigenvalue weighted by atomic mass is 16.4. The fourth-order valence-corrected chi connectivity index (χ4v) is 1.67. The number of aromatic carboxylic acids is 1. The van der Waals surface area contributed by atoms with Gasteiger partial charge in [0.1, 0.15) is 6.04 Å². The number of carbonyl (C=O) groups excluding carboxylic acids is 2. The fraction of sp³-hybridized carbons (Fsp3) is 0.273. The first-order chi connectivity index (χ1) is 8.56. The van der Waals surface area contributed by atoms with E-state index < -0.39 is 12.0 Å². The standard InChI is InChI=1S/C11H11N3O4/c15-9-2-1-8(14-9)10(16)13-7-3-6(11(17)18)4-12-5-7/h3-5,8H,1-2H2,(H,13,16)(H,14,15)(H,17,18)/t8-/m1/s1. The fourth-order valence-electron chi connectivity index (χ4n) is 1.67. The van der Waals surface area contributed by atoms with Gasteiger partial charge in [0.05, 0.1) is 17.4 Å². The number of hydrogen-bond donors (Lipinski definition) is 3. The van der Waals surface area contributed by atoms with Crippen LogP contribution >= 0.6 is 0 Å². The molecule has 3 N–H and O–H groups in total. The van der Waals surface area contributed by atoms with Crippen LogP contribution in [0.5, 0.6) is 0 Å². The van der Waals surface area contributed by atoms with Gasteiger partial charge in [0.2, 0.25) is 11.8 Å². The van der Waals surface area contributed by atoms with Crippen LogP contribution in [0.1, 0.15) is 23.2 Å². The lowest BCUT2D eigenvalue weighted by Gasteiger charge is -2.10. The topological polar surface area (TPSA) is 108 Å². The summed E-state index contributed by atoms with van der Waals surface area (Å²) in [6.45, 7) is 0. The smallest absolute Gasteiger partial charge is 0.337 e. The van der Waals surface area contributed by atoms with E-state index in [1.54, 1.807) is 0 Å². The molecule has 7 nitrogen and oxygen atoms in total. The molecule has 0 aliphatic carbocycles. The lowest BCUT2D eigenvalue weighted by atomic mass is 10.2. The van der Waals surface area contributed by atoms with Gasteiger partial charge in [-0.1, -0.05) is 0 Å². The molecule has 18 heavy (non-hydrogen) atoms. The normalized spacial score (nSPS) is 18.2. The Labute approximate surface area is 102 Å². The highest BCUT2D eigenvalue weighted by Crippen LogP contribution is 2.12. The number of hydrogen-bond acceptors (Lipinski definition) is 4. The van der Waals surface area contributed by atoms with Gasteiger partial charge in [-0.15, -0.1) is 0 Å². The Hall–Kier alpha value is -2.44. The van der Waals surface area contributed by atoms with E-state index in [2.05, 4.69) is 15.6 Å². The van der Waals surface area contributed by atoms with Crippen molar-refractivity contribution in [2.45, 2.75) is 18.9 Å². The zero-order valence-corrected chi connectivity index (χ0v) is 9.34. The van der Waals surface area contributed by atoms with E-state index in [4.69, 9.17) is 5.11 Å². The van der Waals surface area contributed by atoms with Gasteiger partial charge in [-0.25, -0.2) is 4.79 Å². The van der Waals surface area contributed by atoms with Crippen LogP contribution in [-0.4, -0.2) is 33.9 Å². The first kappa shape index (κ1) is 12.0. The van der Waals surface area contributed by atoms with Gasteiger partial charge in [0.15, 0.2) is 0 Å². The number of aromatic nitrogens is 1. The summed E-state index contributed by atoms with van der Waals surface area (Å²) in [5, 5.41) is 13.8. The first-order valence-corrected chi connectivity index (χ1v) is 5.35. The summed E-state index contributed by atoms with van der Waals surface area (Å²) in [5.41, 5.74) is 0.282. The molecule has 2 rings (SSSR count). The molecule has 1 aliphatic rings. The zero-order valence-electron chi connectivity index (χ0n) is 9.34. The minimum Gasteiger partial charge on any atom is -0.478 e. The van der Waals surface area contributed by atoms with Gasteiger partial charge < -0.3 is 15.7 Å². The molecule has 0 spiro atoms. The average Bonchev–Trinajstić information content (AvgIpc) is 2.76. The number of nitrogens with zero attached hydrogens (tertiary/aromatic N) is 1. The molecule has 0 unspecified atom stereocenters. The highest BCUT2D eigenvalue weighted by Gasteiger charge is 2.27. The predicted molar refractivity (Wildman–Crippen MR) is 61.0 cm³/mol. The van der Waals surface area contributed by atoms with Crippen LogP contribution in [0, 0.1) is 0 Å². The molecule has 1 aromatic heterocycles. The summed E-state index contributed by atoms with van der Waals surface area (Å²) >= 11 is 0. The second-order valence-electron chi connectivity index (χ2n) is 3.92. The monoisotopic (exact) mass is 249 g/mol. The van der Waals surface area contributed by atoms with Gasteiger partial charge in [-0.3, -0.25) is 14.6 Å². The zero-order chi connectivity index (χ0) is 13.1. The third kappa shape index (κ3) is 2.62. The van der Waals surface area contributed by atoms with Crippen LogP contribution in [0.4, 0.5) is 5.69 Å². The molecule has 0 aromatic carbocycles. The van der Waals surface area contributed by atoms with E-state index in [1.165, 1.54) is 18.5 Å². The second-order valence-corrected chi connectivity index (χ2v) is 3.92. The van der Waals surface area contributed by atoms with E-state index in [9.17, 15) is 14.4 Å². The Kier molecular flexibility index (Phi) is 3.22. The maximum absolute atomic E-state index is 11.7. The molecule has 1 atom stereocenters. The van der Waals surface area contributed by atoms with E-state index in [0.29, 0.717) is 18.5 Å². The summed E-state index contributed by atoms with van der Waals surface area (Å²) in [7, 11) is 0. The summed E-state index contributed by atoms with van der Waals surface area (Å²) < 4.78 is 0. The number of carboxylic acid groups (broad SMARTS) is 1. The van der Waals surface area contributed by atoms with Gasteiger partial charge in [-0.05, 0) is 12.5 Å². The van der Waals surface area contributed by atoms with Crippen molar-refractivity contribution >= 4 is 23.5 Å². The van der Waals surface area contributed by atoms with Crippen molar-refractivity contribution in [2.24, 2.45) is 0 Å². The van der Waals surface area contributed by atoms with Crippen molar-refractivity contribution in [3.8, 4) is 0 Å². The SMILES string of the molecule is O=C1CC[C@H](C(=O)Nc2cncc(C(=O)O)c2)N1. The van der Waals surface area contributed by atoms with Gasteiger partial charge >= 0.3 is 5.97 Å². The first-order valence-electron chi connectivity index (χ1n) is 5.35. The quantitative estimate of drug-likeness (QED) is 0.698. The maximum atomic E-state index is 11.7. The van der Waals surface area contributed by atoms with Crippen LogP contribution in [0.2, 0.25) is 0 Å². The van der Waals surface area contributed by atoms with E-state index in [-0.39, 0.29) is 17.4 Å². The Morgan fingerprint density at radius 2 is 2.22 bits per heavy atom. The lowest BCUT2D eigenvalue weighted by Crippen LogP contribution is -2.37. The largest absolute Gasteiger partial charge is 0.478 e. The second kappa shape index (κ2) is 4.82. The molecular weight excluding hydrogens is 238 g/mol. The summed E-state index contributed by atoms with van der Waals surface area (Å²) in [4.78, 5) is 37.2. The van der Waals surface area contributed by atoms with Gasteiger partial charge in [-0.2, -0.15) is 0 Å². The summed E-state index contributed by atoms with van der Waals surface area (Å²) in [6.07, 6.45) is 3.30. The molecule has 94 valence electrons. The minimum absolute atomic E-state index is 0.0109. The average molecular weight is 249 g/mol. The Morgan fingerprint density at radius 1 is 1.44 bits per heavy atom. The molecule has 1 aromatic rings. The van der Waals surface area contributed by atoms with Crippen molar-refractivity contribution in [3.63, 3.8) is 0 Å². The predicted octanol–water partition coefficient (Wildman–Crippen LogP) is -0.00310. The molecule has 2 amide bonds. The number of nitrogens with one attached hydrogen (secondary N) is 2. The summed E-state index contributed by atoms with van der Waals surface area (Å²) in [6, 6.07) is 0.746. The molecule has 1 fully saturated rings. The molecular formula is C11H11N3O4. The van der Waals surface area contributed by atoms with E-state index >= 15 is 0 Å². The van der Waals surface area contributed by atoms with E-state index in [1.807, 2.05) is 0 Å². The Bertz CT molecular complexity index is 515. The molecule has 1 saturated heterocycles. The minimum atomic E-state index is -1.12. The Balaban J connectivity index is 2.05. The molecule has 0 radical (unpaired) electrons. The van der Waals surface area contributed by atoms with Crippen molar-refractivity contribution < 1.29 is 19.5 Å². The van der Waals surface area contributed by atoms with Crippen molar-refractivity contribution in [1.29, 1.82) is 0 Å². The van der Waals surface area contributed by atoms with E-state index in [0.717, 1.165) is 0 Å². The number of amides is 2. The molecule has 0 bridgehead atoms. The number of rotatable bonds is 3. The third-order valence-electron chi connectivity index (χ3n) is 2.56. The number of anilines is 1. The van der Waals surface area contributed by atoms with Gasteiger partial charge in [0, 0.05) is 12.6 Å². The van der Waals surface area contributed by atoms with Crippen LogP contribution in [0.3, 0.4) is 0 Å². The van der Waals surface area contributed by atoms with Crippen LogP contribution in [0.25, 0.3) is 0 Å². The number of carboxylic acids is 1. The lowest BCUT2D eigenvalue weighted by molar-refractivity contribution is -0.122. The third-order valence-corrected chi connectivity index (χ3v) is 2.56. The summed E-state index contributed by atoms with van der Waals surface area (Å²) in [5.74, 6) is -1.65. The van der Waals surface area contributed by atoms with Gasteiger partial charge in [0.25, 0.3) is 0 Å². The van der Waals surface area contributed by atoms with Crippen molar-refractivity contribution in [3.05, 3.63) is 24.0 Å². The molecule has 2 heterocycles. The maximum Gasteiger partial charge on any atom is 0.337 e. The van der Waals surface area contributed by atoms with Crippen LogP contribution in [0.15, 0.2) is 18.5 Å².